The van der Waals surface area contributed by atoms with Crippen LogP contribution in [-0.4, -0.2) is 11.2 Å². The zero-order valence-corrected chi connectivity index (χ0v) is 12.1. The summed E-state index contributed by atoms with van der Waals surface area (Å²) in [5, 5.41) is 10.7. The lowest BCUT2D eigenvalue weighted by Crippen LogP contribution is -2.36. The molecule has 0 aromatic rings. The van der Waals surface area contributed by atoms with Gasteiger partial charge in [0.05, 0.1) is 6.10 Å². The maximum atomic E-state index is 10.7. The van der Waals surface area contributed by atoms with Crippen molar-refractivity contribution in [2.75, 3.05) is 0 Å². The van der Waals surface area contributed by atoms with E-state index in [1.54, 1.807) is 0 Å². The highest BCUT2D eigenvalue weighted by Gasteiger charge is 2.33. The molecule has 1 aliphatic carbocycles. The minimum Gasteiger partial charge on any atom is -0.393 e. The maximum absolute atomic E-state index is 10.7. The highest BCUT2D eigenvalue weighted by Crippen LogP contribution is 2.38. The summed E-state index contributed by atoms with van der Waals surface area (Å²) in [6, 6.07) is 0. The van der Waals surface area contributed by atoms with E-state index < -0.39 is 0 Å². The summed E-state index contributed by atoms with van der Waals surface area (Å²) >= 11 is 0. The van der Waals surface area contributed by atoms with Crippen molar-refractivity contribution in [2.24, 2.45) is 17.8 Å². The summed E-state index contributed by atoms with van der Waals surface area (Å²) in [6.07, 6.45) is 11.4. The molecule has 0 spiro atoms. The van der Waals surface area contributed by atoms with Gasteiger partial charge in [0.1, 0.15) is 0 Å². The second kappa shape index (κ2) is 8.13. The molecule has 0 aromatic heterocycles. The minimum absolute atomic E-state index is 0.0276. The van der Waals surface area contributed by atoms with E-state index >= 15 is 0 Å². The van der Waals surface area contributed by atoms with Crippen molar-refractivity contribution >= 4 is 0 Å². The molecule has 3 atom stereocenters. The third-order valence-electron chi connectivity index (χ3n) is 4.73. The van der Waals surface area contributed by atoms with E-state index in [1.165, 1.54) is 57.8 Å². The second-order valence-electron chi connectivity index (χ2n) is 5.94. The molecule has 0 radical (unpaired) electrons. The van der Waals surface area contributed by atoms with Gasteiger partial charge in [0.15, 0.2) is 0 Å². The molecule has 3 unspecified atom stereocenters. The Labute approximate surface area is 108 Å². The molecule has 1 aliphatic rings. The number of rotatable bonds is 7. The molecule has 0 bridgehead atoms. The van der Waals surface area contributed by atoms with Crippen LogP contribution in [0.25, 0.3) is 0 Å². The molecule has 1 nitrogen and oxygen atoms in total. The van der Waals surface area contributed by atoms with Gasteiger partial charge in [-0.2, -0.15) is 0 Å². The largest absolute Gasteiger partial charge is 0.393 e. The van der Waals surface area contributed by atoms with Crippen molar-refractivity contribution in [3.63, 3.8) is 0 Å². The van der Waals surface area contributed by atoms with Crippen LogP contribution in [0.1, 0.15) is 78.6 Å². The summed E-state index contributed by atoms with van der Waals surface area (Å²) in [5.74, 6) is 1.94. The Kier molecular flexibility index (Phi) is 7.18. The van der Waals surface area contributed by atoms with Gasteiger partial charge in [-0.05, 0) is 37.0 Å². The summed E-state index contributed by atoms with van der Waals surface area (Å²) < 4.78 is 0. The van der Waals surface area contributed by atoms with Gasteiger partial charge in [-0.1, -0.05) is 59.3 Å². The van der Waals surface area contributed by atoms with Gasteiger partial charge in [0, 0.05) is 0 Å². The Bertz CT molecular complexity index is 184. The molecule has 17 heavy (non-hydrogen) atoms. The molecule has 0 saturated heterocycles. The molecule has 1 N–H and O–H groups in total. The van der Waals surface area contributed by atoms with Crippen LogP contribution in [0.3, 0.4) is 0 Å². The lowest BCUT2D eigenvalue weighted by Gasteiger charge is -2.38. The third kappa shape index (κ3) is 4.28. The first-order valence-corrected chi connectivity index (χ1v) is 7.92. The van der Waals surface area contributed by atoms with Crippen LogP contribution >= 0.6 is 0 Å². The predicted molar refractivity (Wildman–Crippen MR) is 75.1 cm³/mol. The second-order valence-corrected chi connectivity index (χ2v) is 5.94. The van der Waals surface area contributed by atoms with E-state index in [-0.39, 0.29) is 6.10 Å². The van der Waals surface area contributed by atoms with E-state index in [1.807, 2.05) is 0 Å². The van der Waals surface area contributed by atoms with Crippen LogP contribution < -0.4 is 0 Å². The molecule has 0 aromatic carbocycles. The van der Waals surface area contributed by atoms with Crippen molar-refractivity contribution in [3.05, 3.63) is 0 Å². The zero-order valence-electron chi connectivity index (χ0n) is 12.1. The Morgan fingerprint density at radius 3 is 2.12 bits per heavy atom. The molecule has 1 heteroatoms. The molecule has 0 heterocycles. The molecular formula is C16H32O. The van der Waals surface area contributed by atoms with Crippen LogP contribution in [0, 0.1) is 17.8 Å². The summed E-state index contributed by atoms with van der Waals surface area (Å²) in [6.45, 7) is 6.78. The maximum Gasteiger partial charge on any atom is 0.0599 e. The van der Waals surface area contributed by atoms with Crippen molar-refractivity contribution < 1.29 is 5.11 Å². The lowest BCUT2D eigenvalue weighted by atomic mass is 9.71. The fourth-order valence-electron chi connectivity index (χ4n) is 3.77. The van der Waals surface area contributed by atoms with E-state index in [2.05, 4.69) is 20.8 Å². The number of hydrogen-bond acceptors (Lipinski definition) is 1. The van der Waals surface area contributed by atoms with Crippen molar-refractivity contribution in [1.29, 1.82) is 0 Å². The third-order valence-corrected chi connectivity index (χ3v) is 4.73. The van der Waals surface area contributed by atoms with Gasteiger partial charge in [-0.25, -0.2) is 0 Å². The number of hydrogen-bond donors (Lipinski definition) is 1. The quantitative estimate of drug-likeness (QED) is 0.679. The van der Waals surface area contributed by atoms with Crippen LogP contribution in [-0.2, 0) is 0 Å². The van der Waals surface area contributed by atoms with Crippen LogP contribution in [0.2, 0.25) is 0 Å². The topological polar surface area (TPSA) is 20.2 Å². The smallest absolute Gasteiger partial charge is 0.0599 e. The Hall–Kier alpha value is -0.0400. The van der Waals surface area contributed by atoms with Gasteiger partial charge in [0.2, 0.25) is 0 Å². The Morgan fingerprint density at radius 2 is 1.59 bits per heavy atom. The molecule has 1 saturated carbocycles. The first-order valence-electron chi connectivity index (χ1n) is 7.92. The Balaban J connectivity index is 2.59. The van der Waals surface area contributed by atoms with Gasteiger partial charge in [-0.15, -0.1) is 0 Å². The summed E-state index contributed by atoms with van der Waals surface area (Å²) in [4.78, 5) is 0. The lowest BCUT2D eigenvalue weighted by molar-refractivity contribution is -0.00256. The first kappa shape index (κ1) is 15.0. The molecule has 0 aliphatic heterocycles. The van der Waals surface area contributed by atoms with E-state index in [4.69, 9.17) is 0 Å². The highest BCUT2D eigenvalue weighted by atomic mass is 16.3. The molecule has 0 amide bonds. The average Bonchev–Trinajstić information content (AvgIpc) is 2.37. The molecule has 1 rings (SSSR count). The first-order chi connectivity index (χ1) is 8.24. The van der Waals surface area contributed by atoms with E-state index in [0.29, 0.717) is 11.8 Å². The van der Waals surface area contributed by atoms with Gasteiger partial charge < -0.3 is 5.11 Å². The molecule has 102 valence electrons. The van der Waals surface area contributed by atoms with Gasteiger partial charge >= 0.3 is 0 Å². The normalized spacial score (nSPS) is 27.4. The van der Waals surface area contributed by atoms with Crippen molar-refractivity contribution in [2.45, 2.75) is 84.7 Å². The van der Waals surface area contributed by atoms with Crippen molar-refractivity contribution in [3.8, 4) is 0 Å². The minimum atomic E-state index is -0.0276. The fourth-order valence-corrected chi connectivity index (χ4v) is 3.77. The fraction of sp³-hybridized carbons (Fsp3) is 1.00. The van der Waals surface area contributed by atoms with Crippen LogP contribution in [0.5, 0.6) is 0 Å². The summed E-state index contributed by atoms with van der Waals surface area (Å²) in [7, 11) is 0. The van der Waals surface area contributed by atoms with Gasteiger partial charge in [0.25, 0.3) is 0 Å². The average molecular weight is 240 g/mol. The van der Waals surface area contributed by atoms with Crippen molar-refractivity contribution in [1.82, 2.24) is 0 Å². The predicted octanol–water partition coefficient (Wildman–Crippen LogP) is 4.78. The molecule has 1 fully saturated rings. The highest BCUT2D eigenvalue weighted by molar-refractivity contribution is 4.84. The van der Waals surface area contributed by atoms with E-state index in [9.17, 15) is 5.11 Å². The molecular weight excluding hydrogens is 208 g/mol. The van der Waals surface area contributed by atoms with Crippen LogP contribution in [0.15, 0.2) is 0 Å². The van der Waals surface area contributed by atoms with E-state index in [0.717, 1.165) is 5.92 Å². The SMILES string of the molecule is CCCC(CCC)C(O)C1CCCCC1CC. The standard InChI is InChI=1S/C16H32O/c1-4-9-14(10-5-2)16(17)15-12-8-7-11-13(15)6-3/h13-17H,4-12H2,1-3H3. The van der Waals surface area contributed by atoms with Crippen LogP contribution in [0.4, 0.5) is 0 Å². The number of aliphatic hydroxyl groups excluding tert-OH is 1. The van der Waals surface area contributed by atoms with Gasteiger partial charge in [-0.3, -0.25) is 0 Å². The zero-order chi connectivity index (χ0) is 12.7. The Morgan fingerprint density at radius 1 is 1.00 bits per heavy atom. The summed E-state index contributed by atoms with van der Waals surface area (Å²) in [5.41, 5.74) is 0. The number of aliphatic hydroxyl groups is 1. The monoisotopic (exact) mass is 240 g/mol.